The fourth-order valence-electron chi connectivity index (χ4n) is 2.73. The first kappa shape index (κ1) is 18.8. The summed E-state index contributed by atoms with van der Waals surface area (Å²) in [6.45, 7) is 11.3. The van der Waals surface area contributed by atoms with Crippen molar-refractivity contribution in [3.63, 3.8) is 0 Å². The van der Waals surface area contributed by atoms with Gasteiger partial charge in [-0.3, -0.25) is 0 Å². The maximum absolute atomic E-state index is 6.21. The van der Waals surface area contributed by atoms with Crippen LogP contribution < -0.4 is 4.74 Å². The molecular weight excluding hydrogens is 355 g/mol. The largest absolute Gasteiger partial charge is 0.494 e. The zero-order valence-corrected chi connectivity index (χ0v) is 16.5. The number of ether oxygens (including phenoxy) is 1. The summed E-state index contributed by atoms with van der Waals surface area (Å²) in [6.07, 6.45) is 3.13. The number of hydrogen-bond acceptors (Lipinski definition) is 3. The lowest BCUT2D eigenvalue weighted by atomic mass is 9.68. The van der Waals surface area contributed by atoms with Gasteiger partial charge in [0.1, 0.15) is 5.75 Å². The van der Waals surface area contributed by atoms with E-state index in [0.29, 0.717) is 12.4 Å². The van der Waals surface area contributed by atoms with E-state index in [0.717, 1.165) is 29.5 Å². The van der Waals surface area contributed by atoms with Gasteiger partial charge < -0.3 is 14.0 Å². The van der Waals surface area contributed by atoms with E-state index in [-0.39, 0.29) is 18.3 Å². The molecule has 1 fully saturated rings. The maximum Gasteiger partial charge on any atom is 0.461 e. The molecule has 1 aliphatic heterocycles. The minimum Gasteiger partial charge on any atom is -0.494 e. The molecule has 5 heteroatoms. The molecule has 1 heterocycles. The van der Waals surface area contributed by atoms with Crippen molar-refractivity contribution in [3.05, 3.63) is 28.7 Å². The number of halogens is 1. The van der Waals surface area contributed by atoms with Crippen LogP contribution in [0.4, 0.5) is 0 Å². The molecule has 0 aliphatic carbocycles. The van der Waals surface area contributed by atoms with E-state index in [9.17, 15) is 0 Å². The molecular formula is C18H28BBrO3. The monoisotopic (exact) mass is 382 g/mol. The first-order valence-corrected chi connectivity index (χ1v) is 9.28. The third-order valence-corrected chi connectivity index (χ3v) is 5.42. The normalized spacial score (nSPS) is 20.5. The van der Waals surface area contributed by atoms with Gasteiger partial charge in [0.25, 0.3) is 0 Å². The number of benzene rings is 1. The molecule has 3 nitrogen and oxygen atoms in total. The van der Waals surface area contributed by atoms with E-state index in [1.54, 1.807) is 0 Å². The Labute approximate surface area is 149 Å². The number of hydrogen-bond donors (Lipinski definition) is 0. The van der Waals surface area contributed by atoms with Crippen LogP contribution in [0.25, 0.3) is 0 Å². The quantitative estimate of drug-likeness (QED) is 0.584. The molecule has 0 aromatic heterocycles. The van der Waals surface area contributed by atoms with Gasteiger partial charge in [-0.15, -0.1) is 0 Å². The second-order valence-corrected chi connectivity index (χ2v) is 8.18. The van der Waals surface area contributed by atoms with E-state index < -0.39 is 0 Å². The molecule has 1 aliphatic rings. The molecule has 0 unspecified atom stereocenters. The summed E-state index contributed by atoms with van der Waals surface area (Å²) >= 11 is 3.43. The van der Waals surface area contributed by atoms with Crippen molar-refractivity contribution in [2.45, 2.75) is 70.9 Å². The van der Waals surface area contributed by atoms with E-state index in [4.69, 9.17) is 14.0 Å². The first-order valence-electron chi connectivity index (χ1n) is 8.49. The maximum atomic E-state index is 6.21. The van der Waals surface area contributed by atoms with Crippen LogP contribution in [0.1, 0.15) is 53.9 Å². The highest BCUT2D eigenvalue weighted by Crippen LogP contribution is 2.41. The third-order valence-electron chi connectivity index (χ3n) is 4.89. The van der Waals surface area contributed by atoms with E-state index in [2.05, 4.69) is 50.5 Å². The van der Waals surface area contributed by atoms with Gasteiger partial charge >= 0.3 is 7.12 Å². The van der Waals surface area contributed by atoms with Gasteiger partial charge in [0.2, 0.25) is 0 Å². The Morgan fingerprint density at radius 3 is 2.13 bits per heavy atom. The molecule has 1 aromatic carbocycles. The van der Waals surface area contributed by atoms with Crippen molar-refractivity contribution in [2.75, 3.05) is 6.61 Å². The van der Waals surface area contributed by atoms with Gasteiger partial charge in [-0.1, -0.05) is 35.7 Å². The Morgan fingerprint density at radius 1 is 1.04 bits per heavy atom. The lowest BCUT2D eigenvalue weighted by Crippen LogP contribution is -2.41. The summed E-state index contributed by atoms with van der Waals surface area (Å²) in [5.74, 6) is 1.26. The molecule has 0 spiro atoms. The molecule has 0 saturated carbocycles. The molecule has 0 bridgehead atoms. The van der Waals surface area contributed by atoms with Crippen LogP contribution >= 0.6 is 15.9 Å². The summed E-state index contributed by atoms with van der Waals surface area (Å²) in [4.78, 5) is 0. The van der Waals surface area contributed by atoms with Crippen molar-refractivity contribution in [3.8, 4) is 5.75 Å². The average Bonchev–Trinajstić information content (AvgIpc) is 2.68. The smallest absolute Gasteiger partial charge is 0.461 e. The van der Waals surface area contributed by atoms with E-state index in [1.807, 2.05) is 24.3 Å². The van der Waals surface area contributed by atoms with Gasteiger partial charge in [-0.25, -0.2) is 0 Å². The lowest BCUT2D eigenvalue weighted by Gasteiger charge is -2.32. The molecule has 0 amide bonds. The summed E-state index contributed by atoms with van der Waals surface area (Å²) in [7, 11) is -0.145. The highest BCUT2D eigenvalue weighted by Gasteiger charge is 2.53. The fraction of sp³-hybridized carbons (Fsp3) is 0.667. The van der Waals surface area contributed by atoms with Crippen molar-refractivity contribution < 1.29 is 14.0 Å². The van der Waals surface area contributed by atoms with Crippen LogP contribution in [0, 0.1) is 0 Å². The molecule has 0 radical (unpaired) electrons. The average molecular weight is 383 g/mol. The second kappa shape index (κ2) is 7.58. The molecule has 23 heavy (non-hydrogen) atoms. The zero-order chi connectivity index (χ0) is 17.1. The van der Waals surface area contributed by atoms with Gasteiger partial charge in [0.05, 0.1) is 17.8 Å². The molecule has 1 saturated heterocycles. The van der Waals surface area contributed by atoms with Gasteiger partial charge in [0, 0.05) is 4.47 Å². The molecule has 2 rings (SSSR count). The minimum atomic E-state index is -0.268. The van der Waals surface area contributed by atoms with Gasteiger partial charge in [0.15, 0.2) is 0 Å². The minimum absolute atomic E-state index is 0.145. The van der Waals surface area contributed by atoms with Crippen molar-refractivity contribution in [1.29, 1.82) is 0 Å². The SMILES string of the molecule is CCC[C@H](CCOc1ccc(Br)cc1)B1OC(C)(C)C(C)(C)O1. The highest BCUT2D eigenvalue weighted by atomic mass is 79.9. The molecule has 0 N–H and O–H groups in total. The van der Waals surface area contributed by atoms with Crippen molar-refractivity contribution in [2.24, 2.45) is 0 Å². The van der Waals surface area contributed by atoms with E-state index in [1.165, 1.54) is 0 Å². The second-order valence-electron chi connectivity index (χ2n) is 7.26. The topological polar surface area (TPSA) is 27.7 Å². The van der Waals surface area contributed by atoms with Crippen LogP contribution in [0.2, 0.25) is 5.82 Å². The summed E-state index contributed by atoms with van der Waals surface area (Å²) < 4.78 is 19.4. The Bertz CT molecular complexity index is 485. The number of rotatable bonds is 7. The predicted octanol–water partition coefficient (Wildman–Crippen LogP) is 5.48. The van der Waals surface area contributed by atoms with Crippen molar-refractivity contribution >= 4 is 23.0 Å². The Kier molecular flexibility index (Phi) is 6.20. The summed E-state index contributed by atoms with van der Waals surface area (Å²) in [5.41, 5.74) is -0.535. The molecule has 1 atom stereocenters. The van der Waals surface area contributed by atoms with Crippen LogP contribution in [-0.4, -0.2) is 24.9 Å². The van der Waals surface area contributed by atoms with Gasteiger partial charge in [-0.05, 0) is 64.2 Å². The Balaban J connectivity index is 1.90. The van der Waals surface area contributed by atoms with Gasteiger partial charge in [-0.2, -0.15) is 0 Å². The summed E-state index contributed by atoms with van der Waals surface area (Å²) in [5, 5.41) is 0. The zero-order valence-electron chi connectivity index (χ0n) is 14.9. The highest BCUT2D eigenvalue weighted by molar-refractivity contribution is 9.10. The predicted molar refractivity (Wildman–Crippen MR) is 99.0 cm³/mol. The Morgan fingerprint density at radius 2 is 1.61 bits per heavy atom. The van der Waals surface area contributed by atoms with Crippen LogP contribution in [-0.2, 0) is 9.31 Å². The Hall–Kier alpha value is -0.515. The van der Waals surface area contributed by atoms with Crippen molar-refractivity contribution in [1.82, 2.24) is 0 Å². The third kappa shape index (κ3) is 4.74. The van der Waals surface area contributed by atoms with Crippen LogP contribution in [0.5, 0.6) is 5.75 Å². The summed E-state index contributed by atoms with van der Waals surface area (Å²) in [6, 6.07) is 7.95. The van der Waals surface area contributed by atoms with Crippen LogP contribution in [0.3, 0.4) is 0 Å². The molecule has 128 valence electrons. The fourth-order valence-corrected chi connectivity index (χ4v) is 2.99. The van der Waals surface area contributed by atoms with Crippen LogP contribution in [0.15, 0.2) is 28.7 Å². The molecule has 1 aromatic rings. The lowest BCUT2D eigenvalue weighted by molar-refractivity contribution is 0.00578. The standard InChI is InChI=1S/C18H28BBrO3/c1-6-7-14(19-22-17(2,3)18(4,5)23-19)12-13-21-16-10-8-15(20)9-11-16/h8-11,14H,6-7,12-13H2,1-5H3/t14-/m1/s1. The first-order chi connectivity index (χ1) is 10.7. The van der Waals surface area contributed by atoms with E-state index >= 15 is 0 Å².